The van der Waals surface area contributed by atoms with Gasteiger partial charge in [0.05, 0.1) is 6.20 Å². The van der Waals surface area contributed by atoms with Crippen LogP contribution in [-0.4, -0.2) is 29.5 Å². The number of ether oxygens (including phenoxy) is 1. The maximum Gasteiger partial charge on any atom is 0.150 e. The van der Waals surface area contributed by atoms with Crippen molar-refractivity contribution < 1.29 is 4.74 Å². The molecule has 1 aromatic heterocycles. The van der Waals surface area contributed by atoms with Crippen molar-refractivity contribution in [2.24, 2.45) is 0 Å². The largest absolute Gasteiger partial charge is 0.357 e. The molecule has 1 N–H and O–H groups in total. The molecule has 0 saturated carbocycles. The summed E-state index contributed by atoms with van der Waals surface area (Å²) in [4.78, 5) is 0. The maximum absolute atomic E-state index is 5.71. The number of aromatic nitrogens is 2. The first-order chi connectivity index (χ1) is 8.36. The molecule has 0 spiro atoms. The zero-order chi connectivity index (χ0) is 11.7. The quantitative estimate of drug-likeness (QED) is 0.851. The lowest BCUT2D eigenvalue weighted by Gasteiger charge is -2.23. The third kappa shape index (κ3) is 2.11. The molecule has 4 heteroatoms. The predicted molar refractivity (Wildman–Crippen MR) is 66.0 cm³/mol. The minimum Gasteiger partial charge on any atom is -0.357 e. The number of nitrogens with zero attached hydrogens (tertiary/aromatic N) is 2. The van der Waals surface area contributed by atoms with Crippen LogP contribution in [0.3, 0.4) is 0 Å². The van der Waals surface area contributed by atoms with Crippen molar-refractivity contribution in [2.45, 2.75) is 44.8 Å². The molecule has 94 valence electrons. The smallest absolute Gasteiger partial charge is 0.150 e. The predicted octanol–water partition coefficient (Wildman–Crippen LogP) is 1.97. The fourth-order valence-corrected chi connectivity index (χ4v) is 3.00. The van der Waals surface area contributed by atoms with Crippen LogP contribution >= 0.6 is 0 Å². The Balaban J connectivity index is 1.80. The molecule has 2 aliphatic heterocycles. The molecular formula is C13H21N3O. The highest BCUT2D eigenvalue weighted by Crippen LogP contribution is 2.30. The number of rotatable bonds is 2. The Morgan fingerprint density at radius 3 is 3.06 bits per heavy atom. The van der Waals surface area contributed by atoms with Gasteiger partial charge in [0.2, 0.25) is 0 Å². The van der Waals surface area contributed by atoms with Crippen LogP contribution < -0.4 is 5.32 Å². The molecule has 2 unspecified atom stereocenters. The van der Waals surface area contributed by atoms with Crippen molar-refractivity contribution in [3.8, 4) is 0 Å². The van der Waals surface area contributed by atoms with Gasteiger partial charge >= 0.3 is 0 Å². The summed E-state index contributed by atoms with van der Waals surface area (Å²) < 4.78 is 7.79. The standard InChI is InChI=1S/C13H21N3O/c1-10-12(11-4-2-6-14-8-11)9-15-16(10)13-5-3-7-17-13/h9,11,13-14H,2-8H2,1H3. The van der Waals surface area contributed by atoms with E-state index in [2.05, 4.69) is 28.2 Å². The Hall–Kier alpha value is -0.870. The van der Waals surface area contributed by atoms with Gasteiger partial charge in [-0.05, 0) is 50.6 Å². The highest BCUT2D eigenvalue weighted by atomic mass is 16.5. The van der Waals surface area contributed by atoms with E-state index in [1.54, 1.807) is 0 Å². The van der Waals surface area contributed by atoms with Crippen LogP contribution in [0.15, 0.2) is 6.20 Å². The molecule has 0 amide bonds. The molecule has 0 radical (unpaired) electrons. The third-order valence-corrected chi connectivity index (χ3v) is 4.00. The van der Waals surface area contributed by atoms with Crippen LogP contribution in [0.1, 0.15) is 49.1 Å². The van der Waals surface area contributed by atoms with Crippen molar-refractivity contribution >= 4 is 0 Å². The average molecular weight is 235 g/mol. The highest BCUT2D eigenvalue weighted by Gasteiger charge is 2.24. The van der Waals surface area contributed by atoms with Crippen LogP contribution in [0.2, 0.25) is 0 Å². The number of hydrogen-bond donors (Lipinski definition) is 1. The Kier molecular flexibility index (Phi) is 3.16. The number of nitrogens with one attached hydrogen (secondary N) is 1. The SMILES string of the molecule is Cc1c(C2CCCNC2)cnn1C1CCCO1. The second kappa shape index (κ2) is 4.78. The minimum atomic E-state index is 0.181. The normalized spacial score (nSPS) is 29.7. The van der Waals surface area contributed by atoms with Crippen LogP contribution in [-0.2, 0) is 4.74 Å². The molecule has 3 rings (SSSR count). The highest BCUT2D eigenvalue weighted by molar-refractivity contribution is 5.22. The van der Waals surface area contributed by atoms with Crippen molar-refractivity contribution in [2.75, 3.05) is 19.7 Å². The summed E-state index contributed by atoms with van der Waals surface area (Å²) in [6.07, 6.45) is 7.05. The first kappa shape index (κ1) is 11.2. The van der Waals surface area contributed by atoms with Crippen LogP contribution in [0, 0.1) is 6.92 Å². The summed E-state index contributed by atoms with van der Waals surface area (Å²) in [6, 6.07) is 0. The lowest BCUT2D eigenvalue weighted by Crippen LogP contribution is -2.28. The maximum atomic E-state index is 5.71. The second-order valence-electron chi connectivity index (χ2n) is 5.14. The van der Waals surface area contributed by atoms with E-state index in [1.807, 2.05) is 0 Å². The molecule has 0 aliphatic carbocycles. The summed E-state index contributed by atoms with van der Waals surface area (Å²) in [5.74, 6) is 0.638. The van der Waals surface area contributed by atoms with Gasteiger partial charge in [-0.2, -0.15) is 5.10 Å². The molecular weight excluding hydrogens is 214 g/mol. The molecule has 0 aromatic carbocycles. The van der Waals surface area contributed by atoms with Gasteiger partial charge in [-0.15, -0.1) is 0 Å². The first-order valence-corrected chi connectivity index (χ1v) is 6.72. The van der Waals surface area contributed by atoms with Gasteiger partial charge in [-0.1, -0.05) is 0 Å². The zero-order valence-electron chi connectivity index (χ0n) is 10.5. The van der Waals surface area contributed by atoms with E-state index >= 15 is 0 Å². The van der Waals surface area contributed by atoms with E-state index in [1.165, 1.54) is 24.1 Å². The fraction of sp³-hybridized carbons (Fsp3) is 0.769. The lowest BCUT2D eigenvalue weighted by molar-refractivity contribution is 0.0450. The van der Waals surface area contributed by atoms with Crippen LogP contribution in [0.25, 0.3) is 0 Å². The van der Waals surface area contributed by atoms with E-state index in [9.17, 15) is 0 Å². The fourth-order valence-electron chi connectivity index (χ4n) is 3.00. The summed E-state index contributed by atoms with van der Waals surface area (Å²) in [5, 5.41) is 8.01. The Morgan fingerprint density at radius 1 is 1.41 bits per heavy atom. The molecule has 0 bridgehead atoms. The van der Waals surface area contributed by atoms with Gasteiger partial charge in [-0.25, -0.2) is 4.68 Å². The van der Waals surface area contributed by atoms with E-state index in [4.69, 9.17) is 4.74 Å². The molecule has 2 atom stereocenters. The van der Waals surface area contributed by atoms with Gasteiger partial charge in [0.15, 0.2) is 6.23 Å². The van der Waals surface area contributed by atoms with Crippen molar-refractivity contribution in [3.63, 3.8) is 0 Å². The monoisotopic (exact) mass is 235 g/mol. The first-order valence-electron chi connectivity index (χ1n) is 6.72. The molecule has 1 aromatic rings. The summed E-state index contributed by atoms with van der Waals surface area (Å²) >= 11 is 0. The number of hydrogen-bond acceptors (Lipinski definition) is 3. The second-order valence-corrected chi connectivity index (χ2v) is 5.14. The van der Waals surface area contributed by atoms with E-state index in [0.29, 0.717) is 5.92 Å². The van der Waals surface area contributed by atoms with Crippen molar-refractivity contribution in [1.29, 1.82) is 0 Å². The molecule has 2 fully saturated rings. The van der Waals surface area contributed by atoms with Gasteiger partial charge in [-0.3, -0.25) is 0 Å². The molecule has 2 aliphatic rings. The van der Waals surface area contributed by atoms with Crippen LogP contribution in [0.4, 0.5) is 0 Å². The third-order valence-electron chi connectivity index (χ3n) is 4.00. The number of piperidine rings is 1. The van der Waals surface area contributed by atoms with Gasteiger partial charge in [0.1, 0.15) is 0 Å². The van der Waals surface area contributed by atoms with Gasteiger partial charge in [0, 0.05) is 18.8 Å². The van der Waals surface area contributed by atoms with E-state index in [0.717, 1.165) is 32.5 Å². The molecule has 3 heterocycles. The van der Waals surface area contributed by atoms with Crippen molar-refractivity contribution in [1.82, 2.24) is 15.1 Å². The summed E-state index contributed by atoms with van der Waals surface area (Å²) in [5.41, 5.74) is 2.71. The summed E-state index contributed by atoms with van der Waals surface area (Å²) in [6.45, 7) is 5.32. The van der Waals surface area contributed by atoms with Crippen LogP contribution in [0.5, 0.6) is 0 Å². The zero-order valence-corrected chi connectivity index (χ0v) is 10.5. The Bertz CT molecular complexity index is 376. The Labute approximate surface area is 102 Å². The van der Waals surface area contributed by atoms with Crippen molar-refractivity contribution in [3.05, 3.63) is 17.5 Å². The minimum absolute atomic E-state index is 0.181. The topological polar surface area (TPSA) is 39.1 Å². The summed E-state index contributed by atoms with van der Waals surface area (Å²) in [7, 11) is 0. The van der Waals surface area contributed by atoms with Gasteiger partial charge < -0.3 is 10.1 Å². The van der Waals surface area contributed by atoms with E-state index < -0.39 is 0 Å². The molecule has 4 nitrogen and oxygen atoms in total. The van der Waals surface area contributed by atoms with E-state index in [-0.39, 0.29) is 6.23 Å². The Morgan fingerprint density at radius 2 is 2.35 bits per heavy atom. The lowest BCUT2D eigenvalue weighted by atomic mass is 9.92. The molecule has 2 saturated heterocycles. The molecule has 17 heavy (non-hydrogen) atoms. The average Bonchev–Trinajstić information content (AvgIpc) is 2.99. The van der Waals surface area contributed by atoms with Gasteiger partial charge in [0.25, 0.3) is 0 Å².